The topological polar surface area (TPSA) is 30.2 Å². The number of rotatable bonds is 7. The molecule has 18 heavy (non-hydrogen) atoms. The molecule has 0 aliphatic carbocycles. The lowest BCUT2D eigenvalue weighted by Gasteiger charge is -2.08. The third-order valence-electron chi connectivity index (χ3n) is 2.68. The van der Waals surface area contributed by atoms with Gasteiger partial charge in [0.05, 0.1) is 12.0 Å². The second kappa shape index (κ2) is 8.20. The summed E-state index contributed by atoms with van der Waals surface area (Å²) in [5.74, 6) is 1.97. The molecule has 3 heteroatoms. The Morgan fingerprint density at radius 2 is 2.28 bits per heavy atom. The van der Waals surface area contributed by atoms with Crippen LogP contribution in [0, 0.1) is 5.92 Å². The molecule has 100 valence electrons. The van der Waals surface area contributed by atoms with E-state index in [4.69, 9.17) is 4.42 Å². The van der Waals surface area contributed by atoms with Gasteiger partial charge in [0.25, 0.3) is 0 Å². The van der Waals surface area contributed by atoms with Crippen LogP contribution in [0.2, 0.25) is 0 Å². The number of allylic oxidation sites excluding steroid dienone is 2. The molecule has 2 nitrogen and oxygen atoms in total. The maximum Gasteiger partial charge on any atom is 0.189 e. The molecule has 0 radical (unpaired) electrons. The van der Waals surface area contributed by atoms with Crippen molar-refractivity contribution in [2.75, 3.05) is 0 Å². The summed E-state index contributed by atoms with van der Waals surface area (Å²) in [5, 5.41) is 0.260. The Bertz CT molecular complexity index is 375. The Balaban J connectivity index is 2.17. The minimum absolute atomic E-state index is 0.260. The SMILES string of the molecule is CC(C)=CCC[C@H](C)CC(=O)SCc1ccco1. The normalized spacial score (nSPS) is 12.2. The maximum absolute atomic E-state index is 11.8. The zero-order chi connectivity index (χ0) is 13.4. The van der Waals surface area contributed by atoms with Gasteiger partial charge in [-0.25, -0.2) is 0 Å². The van der Waals surface area contributed by atoms with E-state index in [0.717, 1.165) is 18.6 Å². The predicted molar refractivity (Wildman–Crippen MR) is 77.5 cm³/mol. The van der Waals surface area contributed by atoms with Crippen LogP contribution in [-0.4, -0.2) is 5.12 Å². The smallest absolute Gasteiger partial charge is 0.189 e. The molecule has 0 fully saturated rings. The molecule has 0 saturated carbocycles. The van der Waals surface area contributed by atoms with Gasteiger partial charge in [0.1, 0.15) is 5.76 Å². The second-order valence-electron chi connectivity index (χ2n) is 4.91. The van der Waals surface area contributed by atoms with Crippen molar-refractivity contribution in [3.05, 3.63) is 35.8 Å². The number of carbonyl (C=O) groups excluding carboxylic acids is 1. The van der Waals surface area contributed by atoms with Gasteiger partial charge in [-0.3, -0.25) is 4.79 Å². The zero-order valence-corrected chi connectivity index (χ0v) is 12.3. The molecule has 1 aromatic rings. The lowest BCUT2D eigenvalue weighted by Crippen LogP contribution is -2.02. The largest absolute Gasteiger partial charge is 0.468 e. The van der Waals surface area contributed by atoms with Crippen LogP contribution in [0.5, 0.6) is 0 Å². The van der Waals surface area contributed by atoms with E-state index < -0.39 is 0 Å². The lowest BCUT2D eigenvalue weighted by atomic mass is 10.0. The Hall–Kier alpha value is -0.960. The third-order valence-corrected chi connectivity index (χ3v) is 3.60. The number of thioether (sulfide) groups is 1. The Labute approximate surface area is 114 Å². The molecule has 1 aromatic heterocycles. The molecule has 0 amide bonds. The van der Waals surface area contributed by atoms with E-state index in [0.29, 0.717) is 18.1 Å². The van der Waals surface area contributed by atoms with Gasteiger partial charge >= 0.3 is 0 Å². The molecule has 0 N–H and O–H groups in total. The van der Waals surface area contributed by atoms with E-state index in [1.165, 1.54) is 17.3 Å². The molecule has 0 aromatic carbocycles. The van der Waals surface area contributed by atoms with E-state index >= 15 is 0 Å². The highest BCUT2D eigenvalue weighted by atomic mass is 32.2. The third kappa shape index (κ3) is 6.70. The first-order chi connectivity index (χ1) is 8.58. The summed E-state index contributed by atoms with van der Waals surface area (Å²) < 4.78 is 5.20. The maximum atomic E-state index is 11.8. The van der Waals surface area contributed by atoms with Crippen molar-refractivity contribution in [1.82, 2.24) is 0 Å². The van der Waals surface area contributed by atoms with Crippen LogP contribution in [0.1, 0.15) is 45.8 Å². The number of hydrogen-bond donors (Lipinski definition) is 0. The summed E-state index contributed by atoms with van der Waals surface area (Å²) in [6.07, 6.45) is 6.68. The van der Waals surface area contributed by atoms with Gasteiger partial charge in [-0.2, -0.15) is 0 Å². The van der Waals surface area contributed by atoms with Crippen molar-refractivity contribution in [2.45, 2.75) is 45.8 Å². The molecule has 1 heterocycles. The summed E-state index contributed by atoms with van der Waals surface area (Å²) in [6, 6.07) is 3.75. The minimum Gasteiger partial charge on any atom is -0.468 e. The van der Waals surface area contributed by atoms with Gasteiger partial charge in [-0.1, -0.05) is 30.3 Å². The predicted octanol–water partition coefficient (Wildman–Crippen LogP) is 4.81. The van der Waals surface area contributed by atoms with Crippen molar-refractivity contribution in [1.29, 1.82) is 0 Å². The molecular weight excluding hydrogens is 244 g/mol. The fraction of sp³-hybridized carbons (Fsp3) is 0.533. The van der Waals surface area contributed by atoms with Gasteiger partial charge < -0.3 is 4.42 Å². The first kappa shape index (κ1) is 15.1. The summed E-state index contributed by atoms with van der Waals surface area (Å²) in [7, 11) is 0. The van der Waals surface area contributed by atoms with E-state index in [2.05, 4.69) is 26.8 Å². The molecule has 0 aliphatic heterocycles. The lowest BCUT2D eigenvalue weighted by molar-refractivity contribution is -0.111. The highest BCUT2D eigenvalue weighted by Crippen LogP contribution is 2.20. The fourth-order valence-corrected chi connectivity index (χ4v) is 2.52. The molecule has 0 spiro atoms. The van der Waals surface area contributed by atoms with Gasteiger partial charge in [-0.15, -0.1) is 0 Å². The van der Waals surface area contributed by atoms with Crippen molar-refractivity contribution in [2.24, 2.45) is 5.92 Å². The Morgan fingerprint density at radius 3 is 2.89 bits per heavy atom. The number of furan rings is 1. The highest BCUT2D eigenvalue weighted by molar-refractivity contribution is 8.12. The monoisotopic (exact) mass is 266 g/mol. The average Bonchev–Trinajstić information content (AvgIpc) is 2.78. The quantitative estimate of drug-likeness (QED) is 0.663. The van der Waals surface area contributed by atoms with Gasteiger partial charge in [0.15, 0.2) is 5.12 Å². The van der Waals surface area contributed by atoms with E-state index in [1.54, 1.807) is 6.26 Å². The highest BCUT2D eigenvalue weighted by Gasteiger charge is 2.10. The molecule has 0 unspecified atom stereocenters. The summed E-state index contributed by atoms with van der Waals surface area (Å²) in [5.41, 5.74) is 1.35. The van der Waals surface area contributed by atoms with Crippen LogP contribution in [0.15, 0.2) is 34.5 Å². The van der Waals surface area contributed by atoms with Crippen molar-refractivity contribution < 1.29 is 9.21 Å². The molecule has 0 bridgehead atoms. The van der Waals surface area contributed by atoms with Crippen molar-refractivity contribution in [3.63, 3.8) is 0 Å². The summed E-state index contributed by atoms with van der Waals surface area (Å²) >= 11 is 1.35. The molecular formula is C15H22O2S. The van der Waals surface area contributed by atoms with Crippen LogP contribution in [0.3, 0.4) is 0 Å². The average molecular weight is 266 g/mol. The van der Waals surface area contributed by atoms with Gasteiger partial charge in [0, 0.05) is 6.42 Å². The first-order valence-corrected chi connectivity index (χ1v) is 7.38. The van der Waals surface area contributed by atoms with Crippen LogP contribution >= 0.6 is 11.8 Å². The summed E-state index contributed by atoms with van der Waals surface area (Å²) in [4.78, 5) is 11.8. The fourth-order valence-electron chi connectivity index (χ4n) is 1.65. The molecule has 1 rings (SSSR count). The van der Waals surface area contributed by atoms with Crippen LogP contribution in [0.25, 0.3) is 0 Å². The zero-order valence-electron chi connectivity index (χ0n) is 11.4. The minimum atomic E-state index is 0.260. The van der Waals surface area contributed by atoms with Gasteiger partial charge in [-0.05, 0) is 44.7 Å². The van der Waals surface area contributed by atoms with Crippen LogP contribution in [-0.2, 0) is 10.5 Å². The standard InChI is InChI=1S/C15H22O2S/c1-12(2)6-4-7-13(3)10-15(16)18-11-14-8-5-9-17-14/h5-6,8-9,13H,4,7,10-11H2,1-3H3/t13-/m0/s1. The van der Waals surface area contributed by atoms with E-state index in [1.807, 2.05) is 12.1 Å². The van der Waals surface area contributed by atoms with E-state index in [-0.39, 0.29) is 5.12 Å². The number of carbonyl (C=O) groups is 1. The van der Waals surface area contributed by atoms with Crippen LogP contribution < -0.4 is 0 Å². The van der Waals surface area contributed by atoms with Crippen LogP contribution in [0.4, 0.5) is 0 Å². The molecule has 0 saturated heterocycles. The molecule has 0 aliphatic rings. The first-order valence-electron chi connectivity index (χ1n) is 6.39. The Morgan fingerprint density at radius 1 is 1.50 bits per heavy atom. The number of hydrogen-bond acceptors (Lipinski definition) is 3. The van der Waals surface area contributed by atoms with Gasteiger partial charge in [0.2, 0.25) is 0 Å². The van der Waals surface area contributed by atoms with E-state index in [9.17, 15) is 4.79 Å². The van der Waals surface area contributed by atoms with Crippen molar-refractivity contribution >= 4 is 16.9 Å². The second-order valence-corrected chi connectivity index (χ2v) is 5.94. The summed E-state index contributed by atoms with van der Waals surface area (Å²) in [6.45, 7) is 6.36. The molecule has 1 atom stereocenters. The van der Waals surface area contributed by atoms with Crippen molar-refractivity contribution in [3.8, 4) is 0 Å². The Kier molecular flexibility index (Phi) is 6.88.